The first-order chi connectivity index (χ1) is 16.6. The van der Waals surface area contributed by atoms with Gasteiger partial charge in [0, 0.05) is 12.1 Å². The number of aliphatic hydroxyl groups is 2. The Morgan fingerprint density at radius 3 is 2.79 bits per heavy atom. The third kappa shape index (κ3) is 8.13. The predicted octanol–water partition coefficient (Wildman–Crippen LogP) is 4.23. The molecule has 0 aliphatic heterocycles. The van der Waals surface area contributed by atoms with Gasteiger partial charge >= 0.3 is 5.97 Å². The van der Waals surface area contributed by atoms with E-state index in [0.717, 1.165) is 36.1 Å². The highest BCUT2D eigenvalue weighted by molar-refractivity contribution is 5.73. The molecule has 6 nitrogen and oxygen atoms in total. The van der Waals surface area contributed by atoms with Gasteiger partial charge in [0.2, 0.25) is 0 Å². The maximum absolute atomic E-state index is 11.7. The molecule has 0 amide bonds. The number of hydrogen-bond donors (Lipinski definition) is 3. The number of allylic oxidation sites excluding steroid dienone is 3. The fourth-order valence-corrected chi connectivity index (χ4v) is 3.97. The van der Waals surface area contributed by atoms with E-state index in [-0.39, 0.29) is 12.6 Å². The molecule has 3 N–H and O–H groups in total. The summed E-state index contributed by atoms with van der Waals surface area (Å²) in [6.45, 7) is 3.64. The van der Waals surface area contributed by atoms with Gasteiger partial charge in [-0.2, -0.15) is 0 Å². The summed E-state index contributed by atoms with van der Waals surface area (Å²) in [5.74, 6) is 0.783. The minimum absolute atomic E-state index is 0.159. The number of hydrogen-bond acceptors (Lipinski definition) is 6. The summed E-state index contributed by atoms with van der Waals surface area (Å²) >= 11 is 0. The van der Waals surface area contributed by atoms with Gasteiger partial charge in [0.1, 0.15) is 12.4 Å². The molecule has 1 aliphatic rings. The third-order valence-corrected chi connectivity index (χ3v) is 5.78. The van der Waals surface area contributed by atoms with Crippen LogP contribution < -0.4 is 10.1 Å². The molecule has 2 aromatic carbocycles. The van der Waals surface area contributed by atoms with Gasteiger partial charge in [-0.1, -0.05) is 54.6 Å². The Morgan fingerprint density at radius 2 is 2.03 bits per heavy atom. The van der Waals surface area contributed by atoms with Crippen LogP contribution in [-0.4, -0.2) is 35.9 Å². The number of carbonyl (C=O) groups excluding carboxylic acids is 1. The molecule has 0 fully saturated rings. The Hall–Kier alpha value is -2.93. The summed E-state index contributed by atoms with van der Waals surface area (Å²) in [5, 5.41) is 23.7. The molecule has 0 bridgehead atoms. The van der Waals surface area contributed by atoms with Crippen molar-refractivity contribution in [2.75, 3.05) is 19.7 Å². The smallest absolute Gasteiger partial charge is 0.310 e. The van der Waals surface area contributed by atoms with E-state index in [4.69, 9.17) is 9.47 Å². The monoisotopic (exact) mass is 465 g/mol. The van der Waals surface area contributed by atoms with E-state index in [9.17, 15) is 15.0 Å². The Balaban J connectivity index is 1.44. The van der Waals surface area contributed by atoms with Crippen LogP contribution in [0, 0.1) is 5.92 Å². The third-order valence-electron chi connectivity index (χ3n) is 5.78. The molecule has 182 valence electrons. The fourth-order valence-electron chi connectivity index (χ4n) is 3.97. The lowest BCUT2D eigenvalue weighted by atomic mass is 9.92. The van der Waals surface area contributed by atoms with Gasteiger partial charge < -0.3 is 25.0 Å². The Morgan fingerprint density at radius 1 is 1.21 bits per heavy atom. The lowest BCUT2D eigenvalue weighted by Crippen LogP contribution is -2.24. The van der Waals surface area contributed by atoms with Crippen molar-refractivity contribution in [1.29, 1.82) is 0 Å². The first kappa shape index (κ1) is 25.7. The summed E-state index contributed by atoms with van der Waals surface area (Å²) < 4.78 is 10.9. The summed E-state index contributed by atoms with van der Waals surface area (Å²) in [6, 6.07) is 15.3. The number of carbonyl (C=O) groups is 1. The van der Waals surface area contributed by atoms with Gasteiger partial charge in [-0.15, -0.1) is 0 Å². The van der Waals surface area contributed by atoms with E-state index in [0.29, 0.717) is 43.4 Å². The van der Waals surface area contributed by atoms with Gasteiger partial charge in [-0.25, -0.2) is 0 Å². The Labute approximate surface area is 201 Å². The van der Waals surface area contributed by atoms with Crippen LogP contribution in [0.4, 0.5) is 0 Å². The quantitative estimate of drug-likeness (QED) is 0.303. The number of aliphatic hydroxyl groups excluding tert-OH is 2. The minimum atomic E-state index is -0.686. The van der Waals surface area contributed by atoms with E-state index in [2.05, 4.69) is 17.5 Å². The number of esters is 1. The maximum atomic E-state index is 11.7. The van der Waals surface area contributed by atoms with Crippen molar-refractivity contribution < 1.29 is 24.5 Å². The van der Waals surface area contributed by atoms with Crippen LogP contribution in [0.15, 0.2) is 72.3 Å². The maximum Gasteiger partial charge on any atom is 0.310 e. The lowest BCUT2D eigenvalue weighted by Gasteiger charge is -2.18. The van der Waals surface area contributed by atoms with Gasteiger partial charge in [0.25, 0.3) is 0 Å². The van der Waals surface area contributed by atoms with Crippen LogP contribution in [0.2, 0.25) is 0 Å². The summed E-state index contributed by atoms with van der Waals surface area (Å²) in [4.78, 5) is 11.7. The van der Waals surface area contributed by atoms with Crippen molar-refractivity contribution in [3.05, 3.63) is 89.0 Å². The summed E-state index contributed by atoms with van der Waals surface area (Å²) in [6.07, 6.45) is 7.73. The van der Waals surface area contributed by atoms with Gasteiger partial charge in [0.05, 0.1) is 25.7 Å². The number of benzene rings is 2. The van der Waals surface area contributed by atoms with E-state index in [1.54, 1.807) is 12.1 Å². The van der Waals surface area contributed by atoms with Crippen molar-refractivity contribution in [3.63, 3.8) is 0 Å². The van der Waals surface area contributed by atoms with E-state index < -0.39 is 6.10 Å². The van der Waals surface area contributed by atoms with Crippen LogP contribution in [0.5, 0.6) is 5.75 Å². The second-order valence-electron chi connectivity index (χ2n) is 8.43. The highest BCUT2D eigenvalue weighted by Crippen LogP contribution is 2.25. The molecule has 0 radical (unpaired) electrons. The molecule has 1 unspecified atom stereocenters. The summed E-state index contributed by atoms with van der Waals surface area (Å²) in [7, 11) is 0. The Kier molecular flexibility index (Phi) is 10.3. The predicted molar refractivity (Wildman–Crippen MR) is 132 cm³/mol. The van der Waals surface area contributed by atoms with E-state index in [1.165, 1.54) is 0 Å². The van der Waals surface area contributed by atoms with Crippen LogP contribution in [0.3, 0.4) is 0 Å². The minimum Gasteiger partial charge on any atom is -0.489 e. The van der Waals surface area contributed by atoms with Gasteiger partial charge in [-0.3, -0.25) is 4.79 Å². The molecule has 2 aromatic rings. The molecule has 0 heterocycles. The molecule has 0 spiro atoms. The molecule has 0 saturated heterocycles. The van der Waals surface area contributed by atoms with Gasteiger partial charge in [0.15, 0.2) is 0 Å². The van der Waals surface area contributed by atoms with Crippen molar-refractivity contribution in [2.24, 2.45) is 5.92 Å². The Bertz CT molecular complexity index is 970. The average molecular weight is 466 g/mol. The van der Waals surface area contributed by atoms with Gasteiger partial charge in [-0.05, 0) is 61.1 Å². The van der Waals surface area contributed by atoms with E-state index in [1.807, 2.05) is 49.4 Å². The first-order valence-electron chi connectivity index (χ1n) is 11.9. The van der Waals surface area contributed by atoms with Crippen LogP contribution in [0.1, 0.15) is 49.0 Å². The lowest BCUT2D eigenvalue weighted by molar-refractivity contribution is -0.142. The second kappa shape index (κ2) is 13.7. The number of nitrogens with one attached hydrogen (secondary N) is 1. The molecular formula is C28H35NO5. The molecule has 6 heteroatoms. The van der Waals surface area contributed by atoms with Crippen LogP contribution in [0.25, 0.3) is 0 Å². The number of ether oxygens (including phenoxy) is 2. The largest absolute Gasteiger partial charge is 0.489 e. The fraction of sp³-hybridized carbons (Fsp3) is 0.393. The SMILES string of the molecule is CCOC(=O)CC1=CC(CCNC[C@H](O)c2ccc(OCc3ccccc3)c(CO)c2)CC=C1. The van der Waals surface area contributed by atoms with Crippen LogP contribution in [-0.2, 0) is 22.7 Å². The number of rotatable bonds is 13. The van der Waals surface area contributed by atoms with Crippen molar-refractivity contribution in [1.82, 2.24) is 5.32 Å². The van der Waals surface area contributed by atoms with Crippen LogP contribution >= 0.6 is 0 Å². The molecular weight excluding hydrogens is 430 g/mol. The standard InChI is InChI=1S/C28H35NO5/c1-2-33-28(32)16-23-10-6-9-21(15-23)13-14-29-18-26(31)24-11-12-27(25(17-24)19-30)34-20-22-7-4-3-5-8-22/h3-8,10-12,15,17,21,26,29-31H,2,9,13-14,16,18-20H2,1H3/t21?,26-/m0/s1. The molecule has 2 atom stereocenters. The first-order valence-corrected chi connectivity index (χ1v) is 11.9. The zero-order valence-electron chi connectivity index (χ0n) is 19.8. The topological polar surface area (TPSA) is 88.0 Å². The normalized spacial score (nSPS) is 16.1. The average Bonchev–Trinajstić information content (AvgIpc) is 2.86. The highest BCUT2D eigenvalue weighted by Gasteiger charge is 2.14. The van der Waals surface area contributed by atoms with Crippen molar-refractivity contribution in [2.45, 2.75) is 45.5 Å². The molecule has 0 aromatic heterocycles. The molecule has 3 rings (SSSR count). The zero-order chi connectivity index (χ0) is 24.2. The molecule has 34 heavy (non-hydrogen) atoms. The van der Waals surface area contributed by atoms with Crippen molar-refractivity contribution in [3.8, 4) is 5.75 Å². The molecule has 1 aliphatic carbocycles. The van der Waals surface area contributed by atoms with E-state index >= 15 is 0 Å². The summed E-state index contributed by atoms with van der Waals surface area (Å²) in [5.41, 5.74) is 3.44. The van der Waals surface area contributed by atoms with Crippen molar-refractivity contribution >= 4 is 5.97 Å². The highest BCUT2D eigenvalue weighted by atomic mass is 16.5. The second-order valence-corrected chi connectivity index (χ2v) is 8.43. The zero-order valence-corrected chi connectivity index (χ0v) is 19.8. The molecule has 0 saturated carbocycles.